The van der Waals surface area contributed by atoms with Gasteiger partial charge in [-0.3, -0.25) is 4.40 Å². The molecule has 0 unspecified atom stereocenters. The highest BCUT2D eigenvalue weighted by atomic mass is 15.3. The van der Waals surface area contributed by atoms with E-state index in [4.69, 9.17) is 0 Å². The van der Waals surface area contributed by atoms with Crippen LogP contribution in [0.3, 0.4) is 0 Å². The summed E-state index contributed by atoms with van der Waals surface area (Å²) in [4.78, 5) is 6.74. The minimum atomic E-state index is 0.542. The molecule has 0 atom stereocenters. The van der Waals surface area contributed by atoms with E-state index in [2.05, 4.69) is 32.4 Å². The van der Waals surface area contributed by atoms with E-state index >= 15 is 0 Å². The molecule has 1 fully saturated rings. The summed E-state index contributed by atoms with van der Waals surface area (Å²) in [6.07, 6.45) is 10.2. The monoisotopic (exact) mass is 260 g/mol. The van der Waals surface area contributed by atoms with Gasteiger partial charge >= 0.3 is 0 Å². The second kappa shape index (κ2) is 5.13. The zero-order valence-corrected chi connectivity index (χ0v) is 11.5. The van der Waals surface area contributed by atoms with Crippen LogP contribution in [-0.4, -0.2) is 45.8 Å². The Hall–Kier alpha value is -1.69. The number of rotatable bonds is 3. The molecular weight excluding hydrogens is 240 g/mol. The Bertz CT molecular complexity index is 543. The standard InChI is InChI=1S/C13H20N6/c1-14-10-3-5-11(6-4-10)18(2)12-13-17-16-9-19(13)8-7-15-12/h7-11,14H,3-6H2,1-2H3. The van der Waals surface area contributed by atoms with E-state index in [1.807, 2.05) is 17.6 Å². The highest BCUT2D eigenvalue weighted by Gasteiger charge is 2.25. The third kappa shape index (κ3) is 2.28. The minimum absolute atomic E-state index is 0.542. The van der Waals surface area contributed by atoms with Crippen molar-refractivity contribution in [3.05, 3.63) is 18.7 Å². The van der Waals surface area contributed by atoms with E-state index in [1.54, 1.807) is 12.5 Å². The molecule has 1 aliphatic carbocycles. The maximum Gasteiger partial charge on any atom is 0.203 e. The van der Waals surface area contributed by atoms with Gasteiger partial charge in [0, 0.05) is 31.5 Å². The Morgan fingerprint density at radius 2 is 2.11 bits per heavy atom. The molecule has 0 radical (unpaired) electrons. The normalized spacial score (nSPS) is 23.7. The maximum absolute atomic E-state index is 4.48. The summed E-state index contributed by atoms with van der Waals surface area (Å²) in [5.74, 6) is 0.924. The Balaban J connectivity index is 1.80. The van der Waals surface area contributed by atoms with Crippen molar-refractivity contribution in [3.8, 4) is 0 Å². The molecule has 0 bridgehead atoms. The average molecular weight is 260 g/mol. The minimum Gasteiger partial charge on any atom is -0.354 e. The smallest absolute Gasteiger partial charge is 0.203 e. The Morgan fingerprint density at radius 1 is 1.32 bits per heavy atom. The number of aromatic nitrogens is 4. The van der Waals surface area contributed by atoms with Crippen LogP contribution in [0.2, 0.25) is 0 Å². The second-order valence-corrected chi connectivity index (χ2v) is 5.22. The lowest BCUT2D eigenvalue weighted by Gasteiger charge is -2.35. The van der Waals surface area contributed by atoms with Gasteiger partial charge in [-0.2, -0.15) is 0 Å². The quantitative estimate of drug-likeness (QED) is 0.895. The van der Waals surface area contributed by atoms with Crippen LogP contribution in [0.15, 0.2) is 18.7 Å². The first kappa shape index (κ1) is 12.3. The summed E-state index contributed by atoms with van der Waals surface area (Å²) in [7, 11) is 4.16. The molecule has 0 amide bonds. The summed E-state index contributed by atoms with van der Waals surface area (Å²) < 4.78 is 1.91. The number of hydrogen-bond acceptors (Lipinski definition) is 5. The molecule has 1 aliphatic rings. The predicted octanol–water partition coefficient (Wildman–Crippen LogP) is 1.09. The van der Waals surface area contributed by atoms with Gasteiger partial charge in [0.1, 0.15) is 6.33 Å². The van der Waals surface area contributed by atoms with Gasteiger partial charge in [0.25, 0.3) is 0 Å². The van der Waals surface area contributed by atoms with Crippen molar-refractivity contribution < 1.29 is 0 Å². The molecule has 0 saturated heterocycles. The van der Waals surface area contributed by atoms with Gasteiger partial charge in [-0.1, -0.05) is 0 Å². The summed E-state index contributed by atoms with van der Waals surface area (Å²) in [6, 6.07) is 1.21. The van der Waals surface area contributed by atoms with E-state index in [1.165, 1.54) is 25.7 Å². The Labute approximate surface area is 112 Å². The Morgan fingerprint density at radius 3 is 2.84 bits per heavy atom. The largest absolute Gasteiger partial charge is 0.354 e. The SMILES string of the molecule is CNC1CCC(N(C)c2nccn3cnnc23)CC1. The van der Waals surface area contributed by atoms with Crippen molar-refractivity contribution in [2.75, 3.05) is 19.0 Å². The van der Waals surface area contributed by atoms with E-state index in [-0.39, 0.29) is 0 Å². The zero-order valence-electron chi connectivity index (χ0n) is 11.5. The van der Waals surface area contributed by atoms with E-state index < -0.39 is 0 Å². The molecule has 3 rings (SSSR count). The molecule has 19 heavy (non-hydrogen) atoms. The third-order valence-corrected chi connectivity index (χ3v) is 4.18. The van der Waals surface area contributed by atoms with Crippen molar-refractivity contribution in [2.45, 2.75) is 37.8 Å². The van der Waals surface area contributed by atoms with Gasteiger partial charge in [-0.05, 0) is 32.7 Å². The third-order valence-electron chi connectivity index (χ3n) is 4.18. The van der Waals surface area contributed by atoms with E-state index in [0.717, 1.165) is 11.5 Å². The number of fused-ring (bicyclic) bond motifs is 1. The topological polar surface area (TPSA) is 58.4 Å². The molecule has 6 heteroatoms. The molecule has 1 saturated carbocycles. The van der Waals surface area contributed by atoms with Crippen molar-refractivity contribution in [1.82, 2.24) is 24.9 Å². The molecule has 2 aromatic rings. The number of nitrogens with zero attached hydrogens (tertiary/aromatic N) is 5. The van der Waals surface area contributed by atoms with Crippen LogP contribution in [-0.2, 0) is 0 Å². The second-order valence-electron chi connectivity index (χ2n) is 5.22. The molecule has 0 aliphatic heterocycles. The highest BCUT2D eigenvalue weighted by molar-refractivity contribution is 5.63. The van der Waals surface area contributed by atoms with Crippen LogP contribution in [0.25, 0.3) is 5.65 Å². The first-order valence-electron chi connectivity index (χ1n) is 6.84. The molecule has 102 valence electrons. The lowest BCUT2D eigenvalue weighted by atomic mass is 9.90. The van der Waals surface area contributed by atoms with Crippen LogP contribution >= 0.6 is 0 Å². The highest BCUT2D eigenvalue weighted by Crippen LogP contribution is 2.26. The van der Waals surface area contributed by atoms with Crippen molar-refractivity contribution >= 4 is 11.5 Å². The molecule has 2 heterocycles. The van der Waals surface area contributed by atoms with Gasteiger partial charge in [0.05, 0.1) is 0 Å². The molecule has 0 aromatic carbocycles. The van der Waals surface area contributed by atoms with Crippen molar-refractivity contribution in [1.29, 1.82) is 0 Å². The number of nitrogens with one attached hydrogen (secondary N) is 1. The molecule has 2 aromatic heterocycles. The van der Waals surface area contributed by atoms with Crippen LogP contribution in [0.1, 0.15) is 25.7 Å². The first-order valence-corrected chi connectivity index (χ1v) is 6.84. The van der Waals surface area contributed by atoms with Gasteiger partial charge in [-0.15, -0.1) is 10.2 Å². The zero-order chi connectivity index (χ0) is 13.2. The van der Waals surface area contributed by atoms with Crippen LogP contribution in [0.5, 0.6) is 0 Å². The number of anilines is 1. The molecular formula is C13H20N6. The molecule has 0 spiro atoms. The lowest BCUT2D eigenvalue weighted by molar-refractivity contribution is 0.350. The maximum atomic E-state index is 4.48. The fourth-order valence-electron chi connectivity index (χ4n) is 2.92. The van der Waals surface area contributed by atoms with E-state index in [9.17, 15) is 0 Å². The van der Waals surface area contributed by atoms with Gasteiger partial charge in [-0.25, -0.2) is 4.98 Å². The van der Waals surface area contributed by atoms with Gasteiger partial charge < -0.3 is 10.2 Å². The predicted molar refractivity (Wildman–Crippen MR) is 74.3 cm³/mol. The molecule has 6 nitrogen and oxygen atoms in total. The fourth-order valence-corrected chi connectivity index (χ4v) is 2.92. The summed E-state index contributed by atoms with van der Waals surface area (Å²) in [5.41, 5.74) is 0.834. The van der Waals surface area contributed by atoms with Crippen LogP contribution < -0.4 is 10.2 Å². The first-order chi connectivity index (χ1) is 9.29. The summed E-state index contributed by atoms with van der Waals surface area (Å²) in [5, 5.41) is 11.5. The number of hydrogen-bond donors (Lipinski definition) is 1. The van der Waals surface area contributed by atoms with Crippen molar-refractivity contribution in [3.63, 3.8) is 0 Å². The van der Waals surface area contributed by atoms with Gasteiger partial charge in [0.2, 0.25) is 5.65 Å². The van der Waals surface area contributed by atoms with Crippen molar-refractivity contribution in [2.24, 2.45) is 0 Å². The average Bonchev–Trinajstić information content (AvgIpc) is 2.95. The van der Waals surface area contributed by atoms with Gasteiger partial charge in [0.15, 0.2) is 5.82 Å². The van der Waals surface area contributed by atoms with E-state index in [0.29, 0.717) is 12.1 Å². The van der Waals surface area contributed by atoms with Crippen LogP contribution in [0, 0.1) is 0 Å². The lowest BCUT2D eigenvalue weighted by Crippen LogP contribution is -2.40. The Kier molecular flexibility index (Phi) is 3.33. The molecule has 1 N–H and O–H groups in total. The summed E-state index contributed by atoms with van der Waals surface area (Å²) in [6.45, 7) is 0. The summed E-state index contributed by atoms with van der Waals surface area (Å²) >= 11 is 0. The van der Waals surface area contributed by atoms with Crippen LogP contribution in [0.4, 0.5) is 5.82 Å². The fraction of sp³-hybridized carbons (Fsp3) is 0.615.